The molecular weight excluding hydrogens is 228 g/mol. The first-order valence-electron chi connectivity index (χ1n) is 5.84. The lowest BCUT2D eigenvalue weighted by molar-refractivity contribution is 0.684. The third-order valence-electron chi connectivity index (χ3n) is 2.77. The second-order valence-corrected chi connectivity index (χ2v) is 5.67. The van der Waals surface area contributed by atoms with Gasteiger partial charge in [-0.25, -0.2) is 0 Å². The van der Waals surface area contributed by atoms with Crippen molar-refractivity contribution < 1.29 is 0 Å². The lowest BCUT2D eigenvalue weighted by Crippen LogP contribution is -2.13. The zero-order valence-electron chi connectivity index (χ0n) is 10.6. The van der Waals surface area contributed by atoms with E-state index in [2.05, 4.69) is 42.3 Å². The van der Waals surface area contributed by atoms with E-state index in [9.17, 15) is 0 Å². The minimum Gasteiger partial charge on any atom is -0.306 e. The van der Waals surface area contributed by atoms with Gasteiger partial charge in [0, 0.05) is 28.5 Å². The summed E-state index contributed by atoms with van der Waals surface area (Å²) in [5.41, 5.74) is 3.57. The van der Waals surface area contributed by atoms with Gasteiger partial charge in [-0.2, -0.15) is 0 Å². The summed E-state index contributed by atoms with van der Waals surface area (Å²) in [7, 11) is 0. The van der Waals surface area contributed by atoms with Gasteiger partial charge >= 0.3 is 0 Å². The van der Waals surface area contributed by atoms with Gasteiger partial charge in [-0.1, -0.05) is 6.07 Å². The molecule has 0 unspecified atom stereocenters. The van der Waals surface area contributed by atoms with Gasteiger partial charge in [-0.3, -0.25) is 4.98 Å². The SMILES string of the molecule is Cc1cccc(CNCc2cc(C)c(C)s2)n1. The summed E-state index contributed by atoms with van der Waals surface area (Å²) < 4.78 is 0. The molecule has 0 aliphatic heterocycles. The van der Waals surface area contributed by atoms with Crippen molar-refractivity contribution in [1.29, 1.82) is 0 Å². The van der Waals surface area contributed by atoms with E-state index in [0.717, 1.165) is 24.5 Å². The van der Waals surface area contributed by atoms with Crippen LogP contribution in [-0.4, -0.2) is 4.98 Å². The van der Waals surface area contributed by atoms with Gasteiger partial charge in [-0.15, -0.1) is 11.3 Å². The minimum absolute atomic E-state index is 0.831. The number of hydrogen-bond donors (Lipinski definition) is 1. The van der Waals surface area contributed by atoms with Gasteiger partial charge in [0.1, 0.15) is 0 Å². The van der Waals surface area contributed by atoms with Crippen molar-refractivity contribution in [3.8, 4) is 0 Å². The topological polar surface area (TPSA) is 24.9 Å². The van der Waals surface area contributed by atoms with E-state index in [1.54, 1.807) is 0 Å². The van der Waals surface area contributed by atoms with Crippen LogP contribution in [0.1, 0.15) is 26.7 Å². The Bertz CT molecular complexity index is 483. The predicted molar refractivity (Wildman–Crippen MR) is 73.3 cm³/mol. The van der Waals surface area contributed by atoms with E-state index in [0.29, 0.717) is 0 Å². The molecule has 17 heavy (non-hydrogen) atoms. The van der Waals surface area contributed by atoms with E-state index in [1.807, 2.05) is 24.3 Å². The van der Waals surface area contributed by atoms with Crippen molar-refractivity contribution in [3.05, 3.63) is 51.0 Å². The fraction of sp³-hybridized carbons (Fsp3) is 0.357. The second kappa shape index (κ2) is 5.43. The second-order valence-electron chi connectivity index (χ2n) is 4.33. The predicted octanol–water partition coefficient (Wildman–Crippen LogP) is 3.36. The molecule has 2 rings (SSSR count). The minimum atomic E-state index is 0.831. The molecule has 0 amide bonds. The molecule has 0 aromatic carbocycles. The molecule has 0 radical (unpaired) electrons. The number of thiophene rings is 1. The molecule has 0 saturated heterocycles. The highest BCUT2D eigenvalue weighted by atomic mass is 32.1. The first-order valence-corrected chi connectivity index (χ1v) is 6.66. The number of hydrogen-bond acceptors (Lipinski definition) is 3. The number of nitrogens with one attached hydrogen (secondary N) is 1. The fourth-order valence-electron chi connectivity index (χ4n) is 1.75. The Morgan fingerprint density at radius 2 is 2.00 bits per heavy atom. The largest absolute Gasteiger partial charge is 0.306 e. The van der Waals surface area contributed by atoms with E-state index < -0.39 is 0 Å². The summed E-state index contributed by atoms with van der Waals surface area (Å²) in [6.45, 7) is 8.12. The normalized spacial score (nSPS) is 10.8. The molecule has 0 aliphatic rings. The van der Waals surface area contributed by atoms with Crippen LogP contribution in [0.4, 0.5) is 0 Å². The van der Waals surface area contributed by atoms with Gasteiger partial charge in [0.15, 0.2) is 0 Å². The van der Waals surface area contributed by atoms with Crippen molar-refractivity contribution in [2.75, 3.05) is 0 Å². The molecule has 0 spiro atoms. The number of pyridine rings is 1. The monoisotopic (exact) mass is 246 g/mol. The molecule has 2 aromatic rings. The Hall–Kier alpha value is -1.19. The Morgan fingerprint density at radius 1 is 1.18 bits per heavy atom. The highest BCUT2D eigenvalue weighted by molar-refractivity contribution is 7.12. The van der Waals surface area contributed by atoms with E-state index >= 15 is 0 Å². The summed E-state index contributed by atoms with van der Waals surface area (Å²) in [6.07, 6.45) is 0. The van der Waals surface area contributed by atoms with Crippen LogP contribution in [0.5, 0.6) is 0 Å². The molecule has 1 N–H and O–H groups in total. The molecule has 0 atom stereocenters. The Kier molecular flexibility index (Phi) is 3.92. The summed E-state index contributed by atoms with van der Waals surface area (Å²) >= 11 is 1.87. The van der Waals surface area contributed by atoms with Gasteiger partial charge < -0.3 is 5.32 Å². The average molecular weight is 246 g/mol. The van der Waals surface area contributed by atoms with Crippen molar-refractivity contribution in [1.82, 2.24) is 10.3 Å². The van der Waals surface area contributed by atoms with Gasteiger partial charge in [0.2, 0.25) is 0 Å². The maximum atomic E-state index is 4.47. The molecule has 0 saturated carbocycles. The fourth-order valence-corrected chi connectivity index (χ4v) is 2.77. The lowest BCUT2D eigenvalue weighted by atomic mass is 10.3. The average Bonchev–Trinajstić information content (AvgIpc) is 2.58. The smallest absolute Gasteiger partial charge is 0.0544 e. The standard InChI is InChI=1S/C14H18N2S/c1-10-7-14(17-12(10)3)9-15-8-13-6-4-5-11(2)16-13/h4-7,15H,8-9H2,1-3H3. The first kappa shape index (κ1) is 12.3. The maximum Gasteiger partial charge on any atom is 0.0544 e. The number of rotatable bonds is 4. The van der Waals surface area contributed by atoms with Crippen LogP contribution in [0.25, 0.3) is 0 Å². The van der Waals surface area contributed by atoms with Crippen LogP contribution < -0.4 is 5.32 Å². The third kappa shape index (κ3) is 3.38. The van der Waals surface area contributed by atoms with Crippen molar-refractivity contribution in [3.63, 3.8) is 0 Å². The van der Waals surface area contributed by atoms with Crippen LogP contribution in [0.15, 0.2) is 24.3 Å². The highest BCUT2D eigenvalue weighted by Crippen LogP contribution is 2.20. The molecule has 3 heteroatoms. The quantitative estimate of drug-likeness (QED) is 0.894. The van der Waals surface area contributed by atoms with Crippen LogP contribution in [0.3, 0.4) is 0 Å². The molecule has 0 fully saturated rings. The zero-order valence-corrected chi connectivity index (χ0v) is 11.4. The third-order valence-corrected chi connectivity index (χ3v) is 3.92. The molecule has 0 aliphatic carbocycles. The van der Waals surface area contributed by atoms with Crippen molar-refractivity contribution in [2.24, 2.45) is 0 Å². The first-order chi connectivity index (χ1) is 8.15. The molecule has 2 aromatic heterocycles. The van der Waals surface area contributed by atoms with Crippen molar-refractivity contribution >= 4 is 11.3 Å². The Labute approximate surface area is 107 Å². The Balaban J connectivity index is 1.87. The zero-order chi connectivity index (χ0) is 12.3. The van der Waals surface area contributed by atoms with Gasteiger partial charge in [0.25, 0.3) is 0 Å². The van der Waals surface area contributed by atoms with Crippen molar-refractivity contribution in [2.45, 2.75) is 33.9 Å². The van der Waals surface area contributed by atoms with E-state index in [-0.39, 0.29) is 0 Å². The van der Waals surface area contributed by atoms with Crippen LogP contribution in [-0.2, 0) is 13.1 Å². The molecular formula is C14H18N2S. The molecule has 0 bridgehead atoms. The van der Waals surface area contributed by atoms with Gasteiger partial charge in [-0.05, 0) is 44.5 Å². The summed E-state index contributed by atoms with van der Waals surface area (Å²) in [6, 6.07) is 8.40. The van der Waals surface area contributed by atoms with E-state index in [4.69, 9.17) is 0 Å². The van der Waals surface area contributed by atoms with Crippen LogP contribution >= 0.6 is 11.3 Å². The molecule has 2 heterocycles. The van der Waals surface area contributed by atoms with Gasteiger partial charge in [0.05, 0.1) is 5.69 Å². The number of nitrogens with zero attached hydrogens (tertiary/aromatic N) is 1. The summed E-state index contributed by atoms with van der Waals surface area (Å²) in [5, 5.41) is 3.43. The number of aromatic nitrogens is 1. The van der Waals surface area contributed by atoms with Crippen LogP contribution in [0.2, 0.25) is 0 Å². The maximum absolute atomic E-state index is 4.47. The Morgan fingerprint density at radius 3 is 2.65 bits per heavy atom. The molecule has 90 valence electrons. The number of aryl methyl sites for hydroxylation is 3. The summed E-state index contributed by atoms with van der Waals surface area (Å²) in [5.74, 6) is 0. The molecule has 2 nitrogen and oxygen atoms in total. The highest BCUT2D eigenvalue weighted by Gasteiger charge is 2.01. The van der Waals surface area contributed by atoms with Crippen LogP contribution in [0, 0.1) is 20.8 Å². The van der Waals surface area contributed by atoms with E-state index in [1.165, 1.54) is 15.3 Å². The lowest BCUT2D eigenvalue weighted by Gasteiger charge is -2.03. The summed E-state index contributed by atoms with van der Waals surface area (Å²) in [4.78, 5) is 7.28.